The molecule has 7 heteroatoms. The van der Waals surface area contributed by atoms with Crippen LogP contribution in [0.4, 0.5) is 4.39 Å². The van der Waals surface area contributed by atoms with Crippen LogP contribution in [-0.2, 0) is 11.3 Å². The number of hydrogen-bond acceptors (Lipinski definition) is 5. The summed E-state index contributed by atoms with van der Waals surface area (Å²) >= 11 is 0. The van der Waals surface area contributed by atoms with Crippen molar-refractivity contribution in [1.29, 1.82) is 0 Å². The lowest BCUT2D eigenvalue weighted by atomic mass is 10.2. The van der Waals surface area contributed by atoms with Crippen LogP contribution < -0.4 is 21.7 Å². The molecule has 6 nitrogen and oxygen atoms in total. The summed E-state index contributed by atoms with van der Waals surface area (Å²) < 4.78 is 23.5. The second kappa shape index (κ2) is 7.80. The van der Waals surface area contributed by atoms with Crippen molar-refractivity contribution < 1.29 is 13.9 Å². The summed E-state index contributed by atoms with van der Waals surface area (Å²) in [4.78, 5) is 3.66. The Kier molecular flexibility index (Phi) is 6.05. The topological polar surface area (TPSA) is 94.9 Å². The maximum absolute atomic E-state index is 13.2. The van der Waals surface area contributed by atoms with Crippen molar-refractivity contribution in [2.24, 2.45) is 16.6 Å². The number of amidine groups is 1. The summed E-state index contributed by atoms with van der Waals surface area (Å²) in [6.45, 7) is 3.42. The Hall–Kier alpha value is -2.54. The Balaban J connectivity index is 2.71. The van der Waals surface area contributed by atoms with Gasteiger partial charge in [0.25, 0.3) is 6.02 Å². The van der Waals surface area contributed by atoms with Crippen molar-refractivity contribution in [2.45, 2.75) is 6.61 Å². The summed E-state index contributed by atoms with van der Waals surface area (Å²) in [5.74, 6) is 4.81. The van der Waals surface area contributed by atoms with E-state index in [4.69, 9.17) is 21.1 Å². The first kappa shape index (κ1) is 15.5. The number of rotatable bonds is 6. The third-order valence-corrected chi connectivity index (χ3v) is 2.29. The molecule has 0 saturated heterocycles. The average molecular weight is 280 g/mol. The zero-order valence-electron chi connectivity index (χ0n) is 11.1. The van der Waals surface area contributed by atoms with Gasteiger partial charge in [-0.2, -0.15) is 4.99 Å². The molecule has 0 aliphatic heterocycles. The molecule has 0 aromatic heterocycles. The van der Waals surface area contributed by atoms with Crippen LogP contribution in [0.15, 0.2) is 53.6 Å². The van der Waals surface area contributed by atoms with Crippen molar-refractivity contribution in [1.82, 2.24) is 5.43 Å². The minimum atomic E-state index is -0.736. The molecule has 108 valence electrons. The molecule has 0 fully saturated rings. The van der Waals surface area contributed by atoms with Crippen LogP contribution in [0.25, 0.3) is 0 Å². The second-order valence-electron chi connectivity index (χ2n) is 3.64. The predicted octanol–water partition coefficient (Wildman–Crippen LogP) is 1.31. The standard InChI is InChI=1S/C13H17FN4O2/c1-3-11(14)12(18-16)17-13(15)20-8-9-5-4-6-10(7-9)19-2/h3-7,18H,1,8,16H2,2H3,(H2,15,17)/b12-11-. The molecule has 1 rings (SSSR count). The third kappa shape index (κ3) is 4.62. The Morgan fingerprint density at radius 3 is 2.90 bits per heavy atom. The fourth-order valence-electron chi connectivity index (χ4n) is 1.31. The number of nitrogens with two attached hydrogens (primary N) is 2. The number of methoxy groups -OCH3 is 1. The summed E-state index contributed by atoms with van der Waals surface area (Å²) in [7, 11) is 1.57. The number of ether oxygens (including phenoxy) is 2. The predicted molar refractivity (Wildman–Crippen MR) is 75.1 cm³/mol. The van der Waals surface area contributed by atoms with Crippen LogP contribution in [0.5, 0.6) is 5.75 Å². The highest BCUT2D eigenvalue weighted by Gasteiger charge is 2.03. The van der Waals surface area contributed by atoms with Gasteiger partial charge in [0.2, 0.25) is 0 Å². The van der Waals surface area contributed by atoms with Crippen LogP contribution in [0.2, 0.25) is 0 Å². The molecule has 0 radical (unpaired) electrons. The van der Waals surface area contributed by atoms with Gasteiger partial charge in [0.1, 0.15) is 12.4 Å². The fourth-order valence-corrected chi connectivity index (χ4v) is 1.31. The Bertz CT molecular complexity index is 529. The Morgan fingerprint density at radius 2 is 2.30 bits per heavy atom. The first-order valence-corrected chi connectivity index (χ1v) is 5.69. The van der Waals surface area contributed by atoms with Gasteiger partial charge in [-0.3, -0.25) is 0 Å². The van der Waals surface area contributed by atoms with Gasteiger partial charge in [0.05, 0.1) is 7.11 Å². The van der Waals surface area contributed by atoms with E-state index in [9.17, 15) is 4.39 Å². The molecule has 1 aromatic rings. The van der Waals surface area contributed by atoms with Crippen LogP contribution in [0.1, 0.15) is 5.56 Å². The van der Waals surface area contributed by atoms with Gasteiger partial charge in [-0.1, -0.05) is 18.7 Å². The molecule has 20 heavy (non-hydrogen) atoms. The van der Waals surface area contributed by atoms with Gasteiger partial charge in [-0.05, 0) is 23.8 Å². The first-order chi connectivity index (χ1) is 9.60. The summed E-state index contributed by atoms with van der Waals surface area (Å²) in [5, 5.41) is 0. The molecule has 0 amide bonds. The minimum absolute atomic E-state index is 0.167. The average Bonchev–Trinajstić information content (AvgIpc) is 2.50. The van der Waals surface area contributed by atoms with E-state index in [1.165, 1.54) is 0 Å². The SMILES string of the molecule is C=C/C(F)=C(\N=C(N)OCc1cccc(OC)c1)NN. The molecule has 0 atom stereocenters. The van der Waals surface area contributed by atoms with Gasteiger partial charge >= 0.3 is 0 Å². The molecule has 0 spiro atoms. The van der Waals surface area contributed by atoms with Crippen LogP contribution in [0, 0.1) is 0 Å². The lowest BCUT2D eigenvalue weighted by Gasteiger charge is -2.07. The van der Waals surface area contributed by atoms with Crippen molar-refractivity contribution in [3.8, 4) is 5.75 Å². The van der Waals surface area contributed by atoms with E-state index < -0.39 is 5.83 Å². The van der Waals surface area contributed by atoms with Crippen molar-refractivity contribution >= 4 is 6.02 Å². The van der Waals surface area contributed by atoms with Gasteiger partial charge in [0, 0.05) is 0 Å². The van der Waals surface area contributed by atoms with Gasteiger partial charge < -0.3 is 20.6 Å². The maximum Gasteiger partial charge on any atom is 0.289 e. The molecule has 0 unspecified atom stereocenters. The van der Waals surface area contributed by atoms with E-state index >= 15 is 0 Å². The van der Waals surface area contributed by atoms with Gasteiger partial charge in [-0.15, -0.1) is 0 Å². The molecule has 0 aliphatic carbocycles. The lowest BCUT2D eigenvalue weighted by molar-refractivity contribution is 0.286. The van der Waals surface area contributed by atoms with E-state index in [0.717, 1.165) is 11.6 Å². The molecule has 0 bridgehead atoms. The van der Waals surface area contributed by atoms with Crippen molar-refractivity contribution in [2.75, 3.05) is 7.11 Å². The molecule has 5 N–H and O–H groups in total. The molecular weight excluding hydrogens is 263 g/mol. The molecule has 0 heterocycles. The monoisotopic (exact) mass is 280 g/mol. The third-order valence-electron chi connectivity index (χ3n) is 2.29. The fraction of sp³-hybridized carbons (Fsp3) is 0.154. The molecule has 1 aromatic carbocycles. The smallest absolute Gasteiger partial charge is 0.289 e. The highest BCUT2D eigenvalue weighted by atomic mass is 19.1. The van der Waals surface area contributed by atoms with E-state index in [1.807, 2.05) is 12.1 Å². The Morgan fingerprint density at radius 1 is 1.55 bits per heavy atom. The zero-order valence-corrected chi connectivity index (χ0v) is 11.1. The second-order valence-corrected chi connectivity index (χ2v) is 3.64. The van der Waals surface area contributed by atoms with Crippen LogP contribution in [-0.4, -0.2) is 13.1 Å². The van der Waals surface area contributed by atoms with Crippen molar-refractivity contribution in [3.63, 3.8) is 0 Å². The molecule has 0 saturated carbocycles. The van der Waals surface area contributed by atoms with E-state index in [1.54, 1.807) is 19.2 Å². The summed E-state index contributed by atoms with van der Waals surface area (Å²) in [6.07, 6.45) is 0.952. The number of hydrazine groups is 1. The normalized spacial score (nSPS) is 12.4. The van der Waals surface area contributed by atoms with E-state index in [-0.39, 0.29) is 18.4 Å². The lowest BCUT2D eigenvalue weighted by Crippen LogP contribution is -2.24. The molecular formula is C13H17FN4O2. The number of halogens is 1. The van der Waals surface area contributed by atoms with Crippen LogP contribution >= 0.6 is 0 Å². The number of hydrogen-bond donors (Lipinski definition) is 3. The van der Waals surface area contributed by atoms with Crippen LogP contribution in [0.3, 0.4) is 0 Å². The maximum atomic E-state index is 13.2. The highest BCUT2D eigenvalue weighted by molar-refractivity contribution is 5.72. The number of aliphatic imine (C=N–C) groups is 1. The number of benzene rings is 1. The largest absolute Gasteiger partial charge is 0.497 e. The molecule has 0 aliphatic rings. The summed E-state index contributed by atoms with van der Waals surface area (Å²) in [5.41, 5.74) is 8.42. The minimum Gasteiger partial charge on any atom is -0.497 e. The van der Waals surface area contributed by atoms with E-state index in [2.05, 4.69) is 17.0 Å². The van der Waals surface area contributed by atoms with Crippen molar-refractivity contribution in [3.05, 3.63) is 54.1 Å². The number of nitrogens with one attached hydrogen (secondary N) is 1. The van der Waals surface area contributed by atoms with Gasteiger partial charge in [0.15, 0.2) is 11.6 Å². The Labute approximate surface area is 116 Å². The first-order valence-electron chi connectivity index (χ1n) is 5.69. The number of nitrogens with zero attached hydrogens (tertiary/aromatic N) is 1. The summed E-state index contributed by atoms with van der Waals surface area (Å²) in [6, 6.07) is 7.01. The van der Waals surface area contributed by atoms with E-state index in [0.29, 0.717) is 5.75 Å². The number of allylic oxidation sites excluding steroid dienone is 2. The highest BCUT2D eigenvalue weighted by Crippen LogP contribution is 2.13. The van der Waals surface area contributed by atoms with Gasteiger partial charge in [-0.25, -0.2) is 10.2 Å². The quantitative estimate of drug-likeness (QED) is 0.240. The zero-order chi connectivity index (χ0) is 15.0.